The standard InChI is InChI=1S/C16H14BrNO2S/c1-3-12-18(15-8-6-14(17)7-9-15)21(19,20)16-10-4-13(2)5-11-16/h4-12H,1H2,2H3. The molecule has 2 aromatic rings. The van der Waals surface area contributed by atoms with Crippen molar-refractivity contribution in [2.75, 3.05) is 4.31 Å². The lowest BCUT2D eigenvalue weighted by Gasteiger charge is -2.20. The minimum Gasteiger partial charge on any atom is -0.234 e. The second-order valence-electron chi connectivity index (χ2n) is 4.42. The van der Waals surface area contributed by atoms with Crippen LogP contribution in [0.15, 0.2) is 76.4 Å². The van der Waals surface area contributed by atoms with E-state index in [-0.39, 0.29) is 4.90 Å². The van der Waals surface area contributed by atoms with E-state index in [9.17, 15) is 8.42 Å². The topological polar surface area (TPSA) is 37.4 Å². The van der Waals surface area contributed by atoms with Gasteiger partial charge in [0.1, 0.15) is 0 Å². The summed E-state index contributed by atoms with van der Waals surface area (Å²) in [5, 5.41) is 0. The van der Waals surface area contributed by atoms with Crippen LogP contribution in [0, 0.1) is 6.92 Å². The number of nitrogens with zero attached hydrogens (tertiary/aromatic N) is 1. The van der Waals surface area contributed by atoms with E-state index in [1.807, 2.05) is 6.92 Å². The van der Waals surface area contributed by atoms with Crippen LogP contribution in [-0.2, 0) is 10.0 Å². The SMILES string of the molecule is C=C=CN(c1ccc(Br)cc1)S(=O)(=O)c1ccc(C)cc1. The zero-order chi connectivity index (χ0) is 15.5. The normalized spacial score (nSPS) is 10.8. The third-order valence-corrected chi connectivity index (χ3v) is 5.10. The van der Waals surface area contributed by atoms with Crippen LogP contribution in [0.5, 0.6) is 0 Å². The second-order valence-corrected chi connectivity index (χ2v) is 7.15. The Morgan fingerprint density at radius 3 is 2.19 bits per heavy atom. The Kier molecular flexibility index (Phi) is 4.68. The third kappa shape index (κ3) is 3.45. The Labute approximate surface area is 133 Å². The van der Waals surface area contributed by atoms with E-state index in [0.29, 0.717) is 5.69 Å². The van der Waals surface area contributed by atoms with Gasteiger partial charge in [0.25, 0.3) is 10.0 Å². The summed E-state index contributed by atoms with van der Waals surface area (Å²) in [7, 11) is -3.69. The van der Waals surface area contributed by atoms with Gasteiger partial charge < -0.3 is 0 Å². The Morgan fingerprint density at radius 2 is 1.67 bits per heavy atom. The molecule has 2 aromatic carbocycles. The molecule has 0 saturated carbocycles. The van der Waals surface area contributed by atoms with E-state index in [1.54, 1.807) is 48.5 Å². The third-order valence-electron chi connectivity index (χ3n) is 2.87. The van der Waals surface area contributed by atoms with Gasteiger partial charge in [0.2, 0.25) is 0 Å². The van der Waals surface area contributed by atoms with Crippen LogP contribution in [0.25, 0.3) is 0 Å². The van der Waals surface area contributed by atoms with Gasteiger partial charge in [-0.3, -0.25) is 0 Å². The molecule has 0 spiro atoms. The van der Waals surface area contributed by atoms with Crippen molar-refractivity contribution in [3.05, 3.63) is 77.1 Å². The predicted octanol–water partition coefficient (Wildman–Crippen LogP) is 4.25. The Morgan fingerprint density at radius 1 is 1.10 bits per heavy atom. The summed E-state index contributed by atoms with van der Waals surface area (Å²) >= 11 is 3.33. The Bertz CT molecular complexity index is 774. The molecule has 21 heavy (non-hydrogen) atoms. The molecule has 0 aliphatic rings. The van der Waals surface area contributed by atoms with Gasteiger partial charge in [0.15, 0.2) is 0 Å². The van der Waals surface area contributed by atoms with Gasteiger partial charge in [0, 0.05) is 4.47 Å². The minimum atomic E-state index is -3.69. The first-order valence-electron chi connectivity index (χ1n) is 6.18. The molecule has 0 aliphatic heterocycles. The fraction of sp³-hybridized carbons (Fsp3) is 0.0625. The summed E-state index contributed by atoms with van der Waals surface area (Å²) in [5.41, 5.74) is 4.05. The molecule has 0 bridgehead atoms. The van der Waals surface area contributed by atoms with E-state index >= 15 is 0 Å². The molecule has 0 aliphatic carbocycles. The van der Waals surface area contributed by atoms with Crippen LogP contribution in [0.4, 0.5) is 5.69 Å². The van der Waals surface area contributed by atoms with Crippen LogP contribution in [0.2, 0.25) is 0 Å². The highest BCUT2D eigenvalue weighted by molar-refractivity contribution is 9.10. The second kappa shape index (κ2) is 6.31. The summed E-state index contributed by atoms with van der Waals surface area (Å²) in [6.07, 6.45) is 1.32. The molecular weight excluding hydrogens is 350 g/mol. The van der Waals surface area contributed by atoms with Gasteiger partial charge in [-0.05, 0) is 43.3 Å². The highest BCUT2D eigenvalue weighted by Gasteiger charge is 2.22. The maximum absolute atomic E-state index is 12.7. The minimum absolute atomic E-state index is 0.225. The lowest BCUT2D eigenvalue weighted by molar-refractivity contribution is 0.596. The van der Waals surface area contributed by atoms with Crippen molar-refractivity contribution in [3.63, 3.8) is 0 Å². The van der Waals surface area contributed by atoms with Gasteiger partial charge in [-0.2, -0.15) is 0 Å². The highest BCUT2D eigenvalue weighted by Crippen LogP contribution is 2.25. The summed E-state index contributed by atoms with van der Waals surface area (Å²) in [5.74, 6) is 0. The maximum Gasteiger partial charge on any atom is 0.268 e. The molecule has 0 atom stereocenters. The molecule has 3 nitrogen and oxygen atoms in total. The molecule has 0 N–H and O–H groups in total. The fourth-order valence-corrected chi connectivity index (χ4v) is 3.36. The first kappa shape index (κ1) is 15.6. The van der Waals surface area contributed by atoms with Crippen LogP contribution < -0.4 is 4.31 Å². The quantitative estimate of drug-likeness (QED) is 0.761. The van der Waals surface area contributed by atoms with E-state index in [1.165, 1.54) is 6.20 Å². The Balaban J connectivity index is 2.53. The van der Waals surface area contributed by atoms with Crippen molar-refractivity contribution in [3.8, 4) is 0 Å². The van der Waals surface area contributed by atoms with Crippen molar-refractivity contribution in [1.29, 1.82) is 0 Å². The van der Waals surface area contributed by atoms with Crippen molar-refractivity contribution in [2.24, 2.45) is 0 Å². The lowest BCUT2D eigenvalue weighted by atomic mass is 10.2. The average Bonchev–Trinajstić information content (AvgIpc) is 2.46. The molecule has 108 valence electrons. The largest absolute Gasteiger partial charge is 0.268 e. The highest BCUT2D eigenvalue weighted by atomic mass is 79.9. The predicted molar refractivity (Wildman–Crippen MR) is 88.7 cm³/mol. The number of halogens is 1. The van der Waals surface area contributed by atoms with E-state index in [0.717, 1.165) is 14.3 Å². The van der Waals surface area contributed by atoms with Crippen molar-refractivity contribution >= 4 is 31.6 Å². The molecular formula is C16H14BrNO2S. The molecule has 2 rings (SSSR count). The van der Waals surface area contributed by atoms with E-state index in [4.69, 9.17) is 0 Å². The van der Waals surface area contributed by atoms with Gasteiger partial charge in [-0.25, -0.2) is 12.7 Å². The van der Waals surface area contributed by atoms with E-state index < -0.39 is 10.0 Å². The molecule has 0 aromatic heterocycles. The number of sulfonamides is 1. The summed E-state index contributed by atoms with van der Waals surface area (Å²) < 4.78 is 27.5. The molecule has 0 heterocycles. The van der Waals surface area contributed by atoms with Crippen LogP contribution in [0.1, 0.15) is 5.56 Å². The fourth-order valence-electron chi connectivity index (χ4n) is 1.78. The average molecular weight is 364 g/mol. The number of hydrogen-bond acceptors (Lipinski definition) is 2. The zero-order valence-corrected chi connectivity index (χ0v) is 13.9. The van der Waals surface area contributed by atoms with Crippen LogP contribution >= 0.6 is 15.9 Å². The number of benzene rings is 2. The van der Waals surface area contributed by atoms with Crippen molar-refractivity contribution < 1.29 is 8.42 Å². The first-order chi connectivity index (χ1) is 9.95. The molecule has 0 saturated heterocycles. The summed E-state index contributed by atoms with van der Waals surface area (Å²) in [4.78, 5) is 0.225. The zero-order valence-electron chi connectivity index (χ0n) is 11.5. The molecule has 0 amide bonds. The summed E-state index contributed by atoms with van der Waals surface area (Å²) in [6, 6.07) is 13.7. The smallest absolute Gasteiger partial charge is 0.234 e. The van der Waals surface area contributed by atoms with Crippen molar-refractivity contribution in [2.45, 2.75) is 11.8 Å². The first-order valence-corrected chi connectivity index (χ1v) is 8.41. The van der Waals surface area contributed by atoms with Gasteiger partial charge in [-0.1, -0.05) is 40.2 Å². The lowest BCUT2D eigenvalue weighted by Crippen LogP contribution is -2.25. The van der Waals surface area contributed by atoms with Crippen LogP contribution in [-0.4, -0.2) is 8.42 Å². The molecule has 0 fully saturated rings. The summed E-state index contributed by atoms with van der Waals surface area (Å²) in [6.45, 7) is 5.38. The monoisotopic (exact) mass is 363 g/mol. The molecule has 5 heteroatoms. The van der Waals surface area contributed by atoms with E-state index in [2.05, 4.69) is 28.2 Å². The number of hydrogen-bond donors (Lipinski definition) is 0. The van der Waals surface area contributed by atoms with Crippen LogP contribution in [0.3, 0.4) is 0 Å². The maximum atomic E-state index is 12.7. The van der Waals surface area contributed by atoms with Gasteiger partial charge in [0.05, 0.1) is 16.8 Å². The number of aryl methyl sites for hydroxylation is 1. The van der Waals surface area contributed by atoms with Gasteiger partial charge >= 0.3 is 0 Å². The van der Waals surface area contributed by atoms with Gasteiger partial charge in [-0.15, -0.1) is 5.73 Å². The molecule has 0 radical (unpaired) electrons. The number of anilines is 1. The Hall–Kier alpha value is -1.81. The van der Waals surface area contributed by atoms with Crippen molar-refractivity contribution in [1.82, 2.24) is 0 Å². The molecule has 0 unspecified atom stereocenters. The number of rotatable bonds is 4.